The number of aliphatic hydroxyl groups excluding tert-OH is 1. The highest BCUT2D eigenvalue weighted by Gasteiger charge is 2.40. The predicted octanol–water partition coefficient (Wildman–Crippen LogP) is 4.29. The fourth-order valence-corrected chi connectivity index (χ4v) is 5.82. The van der Waals surface area contributed by atoms with E-state index in [9.17, 15) is 23.1 Å². The molecule has 2 fully saturated rings. The third-order valence-electron chi connectivity index (χ3n) is 8.02. The molecule has 1 unspecified atom stereocenters. The lowest BCUT2D eigenvalue weighted by atomic mass is 9.89. The largest absolute Gasteiger partial charge is 0.392 e. The van der Waals surface area contributed by atoms with E-state index in [2.05, 4.69) is 10.6 Å². The molecule has 3 heterocycles. The molecule has 1 aromatic heterocycles. The average Bonchev–Trinajstić information content (AvgIpc) is 3.59. The van der Waals surface area contributed by atoms with Gasteiger partial charge >= 0.3 is 6.03 Å². The first-order valence-corrected chi connectivity index (χ1v) is 14.5. The van der Waals surface area contributed by atoms with E-state index < -0.39 is 41.9 Å². The quantitative estimate of drug-likeness (QED) is 0.330. The monoisotopic (exact) mass is 585 g/mol. The Morgan fingerprint density at radius 3 is 2.64 bits per heavy atom. The molecule has 5 rings (SSSR count). The Balaban J connectivity index is 1.63. The summed E-state index contributed by atoms with van der Waals surface area (Å²) in [6.07, 6.45) is 1.05. The number of amides is 2. The summed E-state index contributed by atoms with van der Waals surface area (Å²) < 4.78 is 51.7. The molecule has 0 spiro atoms. The fraction of sp³-hybridized carbons (Fsp3) is 0.484. The summed E-state index contributed by atoms with van der Waals surface area (Å²) in [6, 6.07) is 11.8. The van der Waals surface area contributed by atoms with Gasteiger partial charge in [-0.05, 0) is 49.4 Å². The van der Waals surface area contributed by atoms with Crippen LogP contribution in [0.3, 0.4) is 0 Å². The molecular formula is C31H38F3N5O3. The molecule has 0 bridgehead atoms. The summed E-state index contributed by atoms with van der Waals surface area (Å²) in [4.78, 5) is 20.3. The van der Waals surface area contributed by atoms with E-state index >= 15 is 0 Å². The number of nitrogens with one attached hydrogen (secondary N) is 2. The van der Waals surface area contributed by atoms with Crippen LogP contribution in [0.1, 0.15) is 37.2 Å². The van der Waals surface area contributed by atoms with Crippen molar-refractivity contribution in [1.29, 1.82) is 0 Å². The summed E-state index contributed by atoms with van der Waals surface area (Å²) in [7, 11) is 0. The van der Waals surface area contributed by atoms with Crippen molar-refractivity contribution < 1.29 is 27.8 Å². The molecule has 2 aromatic carbocycles. The molecule has 11 heteroatoms. The molecule has 0 radical (unpaired) electrons. The van der Waals surface area contributed by atoms with E-state index in [1.54, 1.807) is 18.0 Å². The zero-order chi connectivity index (χ0) is 29.6. The molecule has 0 aliphatic carbocycles. The number of nitrogens with zero attached hydrogens (tertiary/aromatic N) is 3. The molecule has 4 atom stereocenters. The number of hydrogen-bond donors (Lipinski definition) is 3. The fourth-order valence-electron chi connectivity index (χ4n) is 5.82. The summed E-state index contributed by atoms with van der Waals surface area (Å²) in [5, 5.41) is 15.8. The molecule has 3 N–H and O–H groups in total. The SMILES string of the molecule is C[C@@H](O)CNC(=O)N(C[C@@H]1CNC[C@@H]1F)C(c1nc(-c2cc(F)ccc2F)cn1Cc1ccccc1)C1CCOCC1. The van der Waals surface area contributed by atoms with Gasteiger partial charge in [0.2, 0.25) is 0 Å². The lowest BCUT2D eigenvalue weighted by Gasteiger charge is -2.40. The van der Waals surface area contributed by atoms with Gasteiger partial charge in [0.1, 0.15) is 23.6 Å². The number of carbonyl (C=O) groups is 1. The number of halogens is 3. The molecule has 2 saturated heterocycles. The third-order valence-corrected chi connectivity index (χ3v) is 8.02. The van der Waals surface area contributed by atoms with Gasteiger partial charge in [-0.1, -0.05) is 30.3 Å². The lowest BCUT2D eigenvalue weighted by molar-refractivity contribution is 0.0255. The number of hydrogen-bond acceptors (Lipinski definition) is 5. The first-order valence-electron chi connectivity index (χ1n) is 14.5. The average molecular weight is 586 g/mol. The van der Waals surface area contributed by atoms with Crippen molar-refractivity contribution in [3.63, 3.8) is 0 Å². The summed E-state index contributed by atoms with van der Waals surface area (Å²) in [5.41, 5.74) is 1.22. The van der Waals surface area contributed by atoms with Gasteiger partial charge in [0, 0.05) is 63.6 Å². The molecule has 3 aromatic rings. The Labute approximate surface area is 243 Å². The number of benzene rings is 2. The van der Waals surface area contributed by atoms with E-state index in [0.29, 0.717) is 45.0 Å². The molecule has 226 valence electrons. The van der Waals surface area contributed by atoms with Gasteiger partial charge in [-0.2, -0.15) is 0 Å². The molecule has 8 nitrogen and oxygen atoms in total. The van der Waals surface area contributed by atoms with Crippen LogP contribution in [0.4, 0.5) is 18.0 Å². The summed E-state index contributed by atoms with van der Waals surface area (Å²) in [5.74, 6) is -1.24. The van der Waals surface area contributed by atoms with E-state index in [0.717, 1.165) is 23.8 Å². The van der Waals surface area contributed by atoms with Gasteiger partial charge in [-0.25, -0.2) is 22.9 Å². The standard InChI is InChI=1S/C31H38F3N5O3/c1-20(40)14-36-31(41)39(18-23-15-35-16-27(23)34)29(22-9-11-42-12-10-22)30-37-28(25-13-24(32)7-8-26(25)33)19-38(30)17-21-5-3-2-4-6-21/h2-8,13,19-20,22-23,27,29,35,40H,9-12,14-18H2,1H3,(H,36,41)/t20-,23+,27+,29?/m1/s1. The van der Waals surface area contributed by atoms with Crippen molar-refractivity contribution in [2.24, 2.45) is 11.8 Å². The number of ether oxygens (including phenoxy) is 1. The van der Waals surface area contributed by atoms with Crippen LogP contribution in [-0.4, -0.2) is 77.3 Å². The van der Waals surface area contributed by atoms with E-state index in [1.165, 1.54) is 0 Å². The maximum absolute atomic E-state index is 15.0. The normalized spacial score (nSPS) is 20.8. The van der Waals surface area contributed by atoms with Crippen LogP contribution >= 0.6 is 0 Å². The van der Waals surface area contributed by atoms with Crippen molar-refractivity contribution in [2.75, 3.05) is 39.4 Å². The van der Waals surface area contributed by atoms with Gasteiger partial charge in [-0.15, -0.1) is 0 Å². The predicted molar refractivity (Wildman–Crippen MR) is 152 cm³/mol. The molecule has 0 saturated carbocycles. The van der Waals surface area contributed by atoms with E-state index in [1.807, 2.05) is 34.9 Å². The first-order chi connectivity index (χ1) is 20.3. The highest BCUT2D eigenvalue weighted by molar-refractivity contribution is 5.75. The van der Waals surface area contributed by atoms with Crippen molar-refractivity contribution in [3.05, 3.63) is 77.8 Å². The van der Waals surface area contributed by atoms with Crippen LogP contribution < -0.4 is 10.6 Å². The smallest absolute Gasteiger partial charge is 0.318 e. The van der Waals surface area contributed by atoms with Crippen LogP contribution in [0, 0.1) is 23.5 Å². The molecule has 42 heavy (non-hydrogen) atoms. The third kappa shape index (κ3) is 7.14. The number of imidazole rings is 1. The van der Waals surface area contributed by atoms with Crippen LogP contribution in [0.25, 0.3) is 11.3 Å². The topological polar surface area (TPSA) is 91.6 Å². The number of urea groups is 1. The second-order valence-corrected chi connectivity index (χ2v) is 11.2. The van der Waals surface area contributed by atoms with Gasteiger partial charge in [-0.3, -0.25) is 0 Å². The second kappa shape index (κ2) is 13.7. The van der Waals surface area contributed by atoms with Gasteiger partial charge < -0.3 is 29.9 Å². The first kappa shape index (κ1) is 30.1. The highest BCUT2D eigenvalue weighted by atomic mass is 19.1. The number of alkyl halides is 1. The summed E-state index contributed by atoms with van der Waals surface area (Å²) in [6.45, 7) is 3.70. The van der Waals surface area contributed by atoms with Crippen molar-refractivity contribution in [2.45, 2.75) is 44.6 Å². The number of carbonyl (C=O) groups excluding carboxylic acids is 1. The second-order valence-electron chi connectivity index (χ2n) is 11.2. The zero-order valence-electron chi connectivity index (χ0n) is 23.7. The van der Waals surface area contributed by atoms with Gasteiger partial charge in [0.05, 0.1) is 17.8 Å². The Bertz CT molecular complexity index is 1330. The Morgan fingerprint density at radius 2 is 1.95 bits per heavy atom. The minimum absolute atomic E-state index is 0.0164. The Hall–Kier alpha value is -3.41. The number of rotatable bonds is 10. The molecule has 2 aliphatic rings. The molecular weight excluding hydrogens is 547 g/mol. The molecule has 2 amide bonds. The maximum atomic E-state index is 15.0. The number of aliphatic hydroxyl groups is 1. The van der Waals surface area contributed by atoms with Crippen LogP contribution in [0.5, 0.6) is 0 Å². The van der Waals surface area contributed by atoms with Crippen molar-refractivity contribution >= 4 is 6.03 Å². The van der Waals surface area contributed by atoms with Gasteiger partial charge in [0.25, 0.3) is 0 Å². The van der Waals surface area contributed by atoms with Crippen LogP contribution in [-0.2, 0) is 11.3 Å². The lowest BCUT2D eigenvalue weighted by Crippen LogP contribution is -2.50. The van der Waals surface area contributed by atoms with E-state index in [-0.39, 0.29) is 36.8 Å². The Kier molecular flexibility index (Phi) is 9.81. The Morgan fingerprint density at radius 1 is 1.19 bits per heavy atom. The minimum atomic E-state index is -1.13. The minimum Gasteiger partial charge on any atom is -0.392 e. The molecule has 2 aliphatic heterocycles. The van der Waals surface area contributed by atoms with Crippen molar-refractivity contribution in [3.8, 4) is 11.3 Å². The van der Waals surface area contributed by atoms with Crippen LogP contribution in [0.15, 0.2) is 54.7 Å². The van der Waals surface area contributed by atoms with Gasteiger partial charge in [0.15, 0.2) is 0 Å². The number of aromatic nitrogens is 2. The van der Waals surface area contributed by atoms with Crippen LogP contribution in [0.2, 0.25) is 0 Å². The van der Waals surface area contributed by atoms with E-state index in [4.69, 9.17) is 9.72 Å². The van der Waals surface area contributed by atoms with Crippen molar-refractivity contribution in [1.82, 2.24) is 25.1 Å². The zero-order valence-corrected chi connectivity index (χ0v) is 23.7. The maximum Gasteiger partial charge on any atom is 0.318 e. The highest BCUT2D eigenvalue weighted by Crippen LogP contribution is 2.38. The summed E-state index contributed by atoms with van der Waals surface area (Å²) >= 11 is 0.